The Bertz CT molecular complexity index is 605. The molecule has 0 unspecified atom stereocenters. The van der Waals surface area contributed by atoms with E-state index in [1.807, 2.05) is 0 Å². The number of nitrogens with two attached hydrogens (primary N) is 1. The van der Waals surface area contributed by atoms with Crippen LogP contribution in [0.25, 0.3) is 11.3 Å². The Balaban J connectivity index is 2.56. The van der Waals surface area contributed by atoms with Crippen molar-refractivity contribution in [2.24, 2.45) is 0 Å². The van der Waals surface area contributed by atoms with Gasteiger partial charge in [-0.15, -0.1) is 0 Å². The SMILES string of the molecule is COc1ccc(-c2cc(=O)[nH]c(C)n2)c(N)c1. The molecule has 0 aliphatic heterocycles. The van der Waals surface area contributed by atoms with Crippen molar-refractivity contribution in [2.45, 2.75) is 6.92 Å². The minimum absolute atomic E-state index is 0.192. The lowest BCUT2D eigenvalue weighted by atomic mass is 10.1. The van der Waals surface area contributed by atoms with Crippen molar-refractivity contribution >= 4 is 5.69 Å². The summed E-state index contributed by atoms with van der Waals surface area (Å²) >= 11 is 0. The molecule has 0 spiro atoms. The first-order valence-corrected chi connectivity index (χ1v) is 5.12. The molecule has 1 aromatic heterocycles. The molecule has 2 aromatic rings. The van der Waals surface area contributed by atoms with Gasteiger partial charge in [-0.05, 0) is 19.1 Å². The number of ether oxygens (including phenoxy) is 1. The van der Waals surface area contributed by atoms with E-state index in [2.05, 4.69) is 9.97 Å². The molecule has 0 fully saturated rings. The molecule has 0 bridgehead atoms. The second-order valence-corrected chi connectivity index (χ2v) is 3.67. The molecular formula is C12H13N3O2. The minimum atomic E-state index is -0.192. The van der Waals surface area contributed by atoms with Crippen molar-refractivity contribution in [1.82, 2.24) is 9.97 Å². The summed E-state index contributed by atoms with van der Waals surface area (Å²) < 4.78 is 5.07. The van der Waals surface area contributed by atoms with Gasteiger partial charge in [0.25, 0.3) is 5.56 Å². The number of nitrogens with zero attached hydrogens (tertiary/aromatic N) is 1. The van der Waals surface area contributed by atoms with E-state index in [-0.39, 0.29) is 5.56 Å². The van der Waals surface area contributed by atoms with Crippen LogP contribution in [-0.4, -0.2) is 17.1 Å². The molecule has 0 aliphatic carbocycles. The van der Waals surface area contributed by atoms with Crippen molar-refractivity contribution < 1.29 is 4.74 Å². The van der Waals surface area contributed by atoms with Crippen LogP contribution in [0.2, 0.25) is 0 Å². The number of aromatic amines is 1. The maximum absolute atomic E-state index is 11.4. The number of methoxy groups -OCH3 is 1. The van der Waals surface area contributed by atoms with Crippen LogP contribution in [0.15, 0.2) is 29.1 Å². The summed E-state index contributed by atoms with van der Waals surface area (Å²) in [5.41, 5.74) is 7.52. The molecule has 5 heteroatoms. The average molecular weight is 231 g/mol. The van der Waals surface area contributed by atoms with E-state index >= 15 is 0 Å². The highest BCUT2D eigenvalue weighted by Gasteiger charge is 2.07. The first kappa shape index (κ1) is 11.2. The Kier molecular flexibility index (Phi) is 2.82. The number of nitrogen functional groups attached to an aromatic ring is 1. The fourth-order valence-electron chi connectivity index (χ4n) is 1.62. The highest BCUT2D eigenvalue weighted by Crippen LogP contribution is 2.27. The maximum atomic E-state index is 11.4. The monoisotopic (exact) mass is 231 g/mol. The fraction of sp³-hybridized carbons (Fsp3) is 0.167. The summed E-state index contributed by atoms with van der Waals surface area (Å²) in [7, 11) is 1.57. The number of nitrogens with one attached hydrogen (secondary N) is 1. The third-order valence-corrected chi connectivity index (χ3v) is 2.39. The van der Waals surface area contributed by atoms with Crippen molar-refractivity contribution in [2.75, 3.05) is 12.8 Å². The number of aryl methyl sites for hydroxylation is 1. The molecular weight excluding hydrogens is 218 g/mol. The summed E-state index contributed by atoms with van der Waals surface area (Å²) in [6, 6.07) is 6.69. The van der Waals surface area contributed by atoms with Gasteiger partial charge >= 0.3 is 0 Å². The van der Waals surface area contributed by atoms with Crippen molar-refractivity contribution in [3.05, 3.63) is 40.4 Å². The Morgan fingerprint density at radius 1 is 1.35 bits per heavy atom. The van der Waals surface area contributed by atoms with Crippen LogP contribution >= 0.6 is 0 Å². The lowest BCUT2D eigenvalue weighted by Crippen LogP contribution is -2.09. The number of aromatic nitrogens is 2. The molecule has 0 amide bonds. The van der Waals surface area contributed by atoms with Gasteiger partial charge in [-0.1, -0.05) is 0 Å². The average Bonchev–Trinajstić information content (AvgIpc) is 2.27. The number of H-pyrrole nitrogens is 1. The van der Waals surface area contributed by atoms with Crippen molar-refractivity contribution in [1.29, 1.82) is 0 Å². The summed E-state index contributed by atoms with van der Waals surface area (Å²) in [6.45, 7) is 1.73. The Hall–Kier alpha value is -2.30. The summed E-state index contributed by atoms with van der Waals surface area (Å²) in [6.07, 6.45) is 0. The molecule has 0 aliphatic rings. The topological polar surface area (TPSA) is 81.0 Å². The number of hydrogen-bond donors (Lipinski definition) is 2. The van der Waals surface area contributed by atoms with Crippen LogP contribution in [0.4, 0.5) is 5.69 Å². The third-order valence-electron chi connectivity index (χ3n) is 2.39. The third kappa shape index (κ3) is 2.28. The van der Waals surface area contributed by atoms with Gasteiger partial charge in [0.2, 0.25) is 0 Å². The number of benzene rings is 1. The minimum Gasteiger partial charge on any atom is -0.497 e. The zero-order valence-electron chi connectivity index (χ0n) is 9.65. The van der Waals surface area contributed by atoms with Crippen molar-refractivity contribution in [3.8, 4) is 17.0 Å². The van der Waals surface area contributed by atoms with Crippen LogP contribution in [0.5, 0.6) is 5.75 Å². The molecule has 1 aromatic carbocycles. The van der Waals surface area contributed by atoms with Gasteiger partial charge in [0.1, 0.15) is 11.6 Å². The molecule has 1 heterocycles. The van der Waals surface area contributed by atoms with Crippen LogP contribution in [0.3, 0.4) is 0 Å². The van der Waals surface area contributed by atoms with E-state index in [0.717, 1.165) is 5.56 Å². The Morgan fingerprint density at radius 2 is 2.12 bits per heavy atom. The highest BCUT2D eigenvalue weighted by atomic mass is 16.5. The van der Waals surface area contributed by atoms with Crippen LogP contribution < -0.4 is 16.0 Å². The van der Waals surface area contributed by atoms with E-state index in [1.165, 1.54) is 6.07 Å². The smallest absolute Gasteiger partial charge is 0.251 e. The summed E-state index contributed by atoms with van der Waals surface area (Å²) in [5, 5.41) is 0. The standard InChI is InChI=1S/C12H13N3O2/c1-7-14-11(6-12(16)15-7)9-4-3-8(17-2)5-10(9)13/h3-6H,13H2,1-2H3,(H,14,15,16). The van der Waals surface area contributed by atoms with Crippen LogP contribution in [-0.2, 0) is 0 Å². The van der Waals surface area contributed by atoms with Gasteiger partial charge in [-0.3, -0.25) is 4.79 Å². The molecule has 17 heavy (non-hydrogen) atoms. The first-order chi connectivity index (χ1) is 8.10. The lowest BCUT2D eigenvalue weighted by molar-refractivity contribution is 0.415. The number of hydrogen-bond acceptors (Lipinski definition) is 4. The predicted octanol–water partition coefficient (Wildman–Crippen LogP) is 1.34. The van der Waals surface area contributed by atoms with E-state index in [4.69, 9.17) is 10.5 Å². The highest BCUT2D eigenvalue weighted by molar-refractivity contribution is 5.74. The van der Waals surface area contributed by atoms with Crippen molar-refractivity contribution in [3.63, 3.8) is 0 Å². The quantitative estimate of drug-likeness (QED) is 0.764. The zero-order valence-corrected chi connectivity index (χ0v) is 9.65. The second-order valence-electron chi connectivity index (χ2n) is 3.67. The van der Waals surface area contributed by atoms with E-state index in [9.17, 15) is 4.79 Å². The number of anilines is 1. The molecule has 2 rings (SSSR count). The van der Waals surface area contributed by atoms with Gasteiger partial charge in [-0.2, -0.15) is 0 Å². The molecule has 0 saturated carbocycles. The lowest BCUT2D eigenvalue weighted by Gasteiger charge is -2.07. The predicted molar refractivity (Wildman–Crippen MR) is 66.0 cm³/mol. The van der Waals surface area contributed by atoms with Gasteiger partial charge in [0.05, 0.1) is 12.8 Å². The molecule has 0 saturated heterocycles. The van der Waals surface area contributed by atoms with E-state index in [0.29, 0.717) is 23.0 Å². The van der Waals surface area contributed by atoms with Crippen LogP contribution in [0, 0.1) is 6.92 Å². The van der Waals surface area contributed by atoms with Gasteiger partial charge in [-0.25, -0.2) is 4.98 Å². The second kappa shape index (κ2) is 4.29. The zero-order chi connectivity index (χ0) is 12.4. The molecule has 5 nitrogen and oxygen atoms in total. The fourth-order valence-corrected chi connectivity index (χ4v) is 1.62. The van der Waals surface area contributed by atoms with Gasteiger partial charge in [0.15, 0.2) is 0 Å². The maximum Gasteiger partial charge on any atom is 0.251 e. The van der Waals surface area contributed by atoms with E-state index < -0.39 is 0 Å². The molecule has 3 N–H and O–H groups in total. The van der Waals surface area contributed by atoms with Gasteiger partial charge < -0.3 is 15.5 Å². The van der Waals surface area contributed by atoms with E-state index in [1.54, 1.807) is 32.2 Å². The first-order valence-electron chi connectivity index (χ1n) is 5.12. The Labute approximate surface area is 98.3 Å². The summed E-state index contributed by atoms with van der Waals surface area (Å²) in [5.74, 6) is 1.23. The summed E-state index contributed by atoms with van der Waals surface area (Å²) in [4.78, 5) is 18.2. The normalized spacial score (nSPS) is 10.2. The Morgan fingerprint density at radius 3 is 2.71 bits per heavy atom. The largest absolute Gasteiger partial charge is 0.497 e. The molecule has 0 radical (unpaired) electrons. The molecule has 88 valence electrons. The van der Waals surface area contributed by atoms with Gasteiger partial charge in [0, 0.05) is 23.4 Å². The molecule has 0 atom stereocenters. The van der Waals surface area contributed by atoms with Crippen LogP contribution in [0.1, 0.15) is 5.82 Å². The number of rotatable bonds is 2.